The Balaban J connectivity index is 2.78. The van der Waals surface area contributed by atoms with Gasteiger partial charge in [-0.1, -0.05) is 0 Å². The summed E-state index contributed by atoms with van der Waals surface area (Å²) in [6.07, 6.45) is 4.39. The molecule has 0 amide bonds. The van der Waals surface area contributed by atoms with E-state index < -0.39 is 5.97 Å². The minimum absolute atomic E-state index is 0.0602. The van der Waals surface area contributed by atoms with Gasteiger partial charge in [-0.3, -0.25) is 4.40 Å². The molecule has 2 rings (SSSR count). The Bertz CT molecular complexity index is 401. The van der Waals surface area contributed by atoms with Gasteiger partial charge >= 0.3 is 5.97 Å². The average Bonchev–Trinajstić information content (AvgIpc) is 2.41. The molecule has 0 bridgehead atoms. The highest BCUT2D eigenvalue weighted by molar-refractivity contribution is 5.91. The van der Waals surface area contributed by atoms with Gasteiger partial charge in [0.1, 0.15) is 12.6 Å². The van der Waals surface area contributed by atoms with Crippen molar-refractivity contribution in [2.24, 2.45) is 0 Å². The predicted molar refractivity (Wildman–Crippen MR) is 34.4 cm³/mol. The van der Waals surface area contributed by atoms with Crippen molar-refractivity contribution >= 4 is 11.7 Å². The van der Waals surface area contributed by atoms with Crippen LogP contribution in [-0.2, 0) is 0 Å². The molecule has 0 aliphatic carbocycles. The summed E-state index contributed by atoms with van der Waals surface area (Å²) in [7, 11) is 0. The second-order valence-corrected chi connectivity index (χ2v) is 2.01. The van der Waals surface area contributed by atoms with E-state index in [1.165, 1.54) is 17.0 Å². The SMILES string of the molecule is O=C(O)c1ncn2ccoc12. The number of carboxylic acids is 1. The molecule has 0 saturated carbocycles. The minimum atomic E-state index is -1.08. The lowest BCUT2D eigenvalue weighted by Gasteiger charge is -1.81. The van der Waals surface area contributed by atoms with Crippen molar-refractivity contribution in [1.29, 1.82) is 0 Å². The summed E-state index contributed by atoms with van der Waals surface area (Å²) in [5.41, 5.74) is 0.201. The third-order valence-corrected chi connectivity index (χ3v) is 1.35. The highest BCUT2D eigenvalue weighted by Gasteiger charge is 2.13. The normalized spacial score (nSPS) is 10.5. The van der Waals surface area contributed by atoms with E-state index in [2.05, 4.69) is 4.98 Å². The topological polar surface area (TPSA) is 67.7 Å². The number of imidazole rings is 1. The third-order valence-electron chi connectivity index (χ3n) is 1.35. The number of carboxylic acid groups (broad SMARTS) is 1. The molecule has 2 heterocycles. The fraction of sp³-hybridized carbons (Fsp3) is 0. The molecule has 0 radical (unpaired) electrons. The van der Waals surface area contributed by atoms with E-state index in [1.807, 2.05) is 0 Å². The zero-order chi connectivity index (χ0) is 7.84. The summed E-state index contributed by atoms with van der Waals surface area (Å²) in [5.74, 6) is -1.08. The number of nitrogens with zero attached hydrogens (tertiary/aromatic N) is 2. The molecule has 0 atom stereocenters. The minimum Gasteiger partial charge on any atom is -0.476 e. The van der Waals surface area contributed by atoms with Gasteiger partial charge in [0.25, 0.3) is 0 Å². The number of aromatic nitrogens is 2. The van der Waals surface area contributed by atoms with Crippen LogP contribution in [0.4, 0.5) is 0 Å². The second-order valence-electron chi connectivity index (χ2n) is 2.01. The lowest BCUT2D eigenvalue weighted by Crippen LogP contribution is -1.95. The van der Waals surface area contributed by atoms with Gasteiger partial charge in [0.05, 0.1) is 0 Å². The Morgan fingerprint density at radius 1 is 1.73 bits per heavy atom. The van der Waals surface area contributed by atoms with Crippen LogP contribution in [0.3, 0.4) is 0 Å². The van der Waals surface area contributed by atoms with Gasteiger partial charge in [-0.2, -0.15) is 0 Å². The van der Waals surface area contributed by atoms with Crippen LogP contribution in [0.1, 0.15) is 10.5 Å². The lowest BCUT2D eigenvalue weighted by molar-refractivity contribution is 0.0692. The largest absolute Gasteiger partial charge is 0.476 e. The smallest absolute Gasteiger partial charge is 0.360 e. The lowest BCUT2D eigenvalue weighted by atomic mass is 10.5. The molecule has 0 unspecified atom stereocenters. The molecule has 0 aromatic carbocycles. The number of rotatable bonds is 1. The van der Waals surface area contributed by atoms with Gasteiger partial charge in [-0.15, -0.1) is 0 Å². The Morgan fingerprint density at radius 2 is 2.55 bits per heavy atom. The van der Waals surface area contributed by atoms with E-state index in [0.717, 1.165) is 0 Å². The molecule has 0 fully saturated rings. The zero-order valence-electron chi connectivity index (χ0n) is 5.39. The van der Waals surface area contributed by atoms with Crippen LogP contribution >= 0.6 is 0 Å². The molecule has 2 aromatic heterocycles. The summed E-state index contributed by atoms with van der Waals surface area (Å²) in [6, 6.07) is 0. The summed E-state index contributed by atoms with van der Waals surface area (Å²) in [4.78, 5) is 14.1. The first-order valence-electron chi connectivity index (χ1n) is 2.92. The van der Waals surface area contributed by atoms with Crippen LogP contribution in [0.5, 0.6) is 0 Å². The molecular weight excluding hydrogens is 148 g/mol. The molecule has 5 nitrogen and oxygen atoms in total. The highest BCUT2D eigenvalue weighted by Crippen LogP contribution is 2.08. The Hall–Kier alpha value is -1.78. The number of fused-ring (bicyclic) bond motifs is 1. The van der Waals surface area contributed by atoms with Crippen LogP contribution in [0.2, 0.25) is 0 Å². The first-order chi connectivity index (χ1) is 5.29. The molecule has 56 valence electrons. The number of carbonyl (C=O) groups is 1. The Labute approximate surface area is 60.9 Å². The quantitative estimate of drug-likeness (QED) is 0.650. The van der Waals surface area contributed by atoms with Crippen LogP contribution in [0.25, 0.3) is 5.71 Å². The summed E-state index contributed by atoms with van der Waals surface area (Å²) >= 11 is 0. The number of aromatic carboxylic acids is 1. The maximum atomic E-state index is 10.4. The molecule has 0 aliphatic rings. The fourth-order valence-corrected chi connectivity index (χ4v) is 0.880. The first kappa shape index (κ1) is 5.96. The van der Waals surface area contributed by atoms with E-state index in [9.17, 15) is 4.79 Å². The van der Waals surface area contributed by atoms with Crippen molar-refractivity contribution in [3.63, 3.8) is 0 Å². The second kappa shape index (κ2) is 1.85. The Morgan fingerprint density at radius 3 is 3.27 bits per heavy atom. The average molecular weight is 152 g/mol. The van der Waals surface area contributed by atoms with Gasteiger partial charge in [0, 0.05) is 6.20 Å². The van der Waals surface area contributed by atoms with Crippen molar-refractivity contribution in [3.05, 3.63) is 24.5 Å². The summed E-state index contributed by atoms with van der Waals surface area (Å²) < 4.78 is 6.37. The number of hydrogen-bond donors (Lipinski definition) is 1. The van der Waals surface area contributed by atoms with Gasteiger partial charge in [0.2, 0.25) is 11.4 Å². The molecule has 5 heteroatoms. The summed E-state index contributed by atoms with van der Waals surface area (Å²) in [5, 5.41) is 8.55. The van der Waals surface area contributed by atoms with Crippen molar-refractivity contribution < 1.29 is 14.3 Å². The van der Waals surface area contributed by atoms with Crippen LogP contribution in [0.15, 0.2) is 23.2 Å². The zero-order valence-corrected chi connectivity index (χ0v) is 5.39. The Kier molecular flexibility index (Phi) is 1.00. The predicted octanol–water partition coefficient (Wildman–Crippen LogP) is 0.625. The van der Waals surface area contributed by atoms with Crippen LogP contribution < -0.4 is 0 Å². The molecule has 0 aliphatic heterocycles. The van der Waals surface area contributed by atoms with E-state index in [1.54, 1.807) is 6.20 Å². The van der Waals surface area contributed by atoms with Crippen molar-refractivity contribution in [2.75, 3.05) is 0 Å². The fourth-order valence-electron chi connectivity index (χ4n) is 0.880. The van der Waals surface area contributed by atoms with E-state index >= 15 is 0 Å². The first-order valence-corrected chi connectivity index (χ1v) is 2.92. The van der Waals surface area contributed by atoms with Crippen LogP contribution in [-0.4, -0.2) is 20.5 Å². The summed E-state index contributed by atoms with van der Waals surface area (Å²) in [6.45, 7) is 0. The van der Waals surface area contributed by atoms with E-state index in [0.29, 0.717) is 0 Å². The van der Waals surface area contributed by atoms with Crippen molar-refractivity contribution in [3.8, 4) is 0 Å². The van der Waals surface area contributed by atoms with Crippen LogP contribution in [0, 0.1) is 0 Å². The van der Waals surface area contributed by atoms with Gasteiger partial charge < -0.3 is 9.52 Å². The maximum absolute atomic E-state index is 10.4. The molecule has 1 N–H and O–H groups in total. The van der Waals surface area contributed by atoms with E-state index in [-0.39, 0.29) is 11.4 Å². The number of hydrogen-bond acceptors (Lipinski definition) is 3. The van der Waals surface area contributed by atoms with Crippen molar-refractivity contribution in [1.82, 2.24) is 9.38 Å². The molecular formula is C6H4N2O3. The molecule has 2 aromatic rings. The standard InChI is InChI=1S/C6H4N2O3/c9-6(10)4-5-8(3-7-4)1-2-11-5/h1-3H,(H,9,10). The molecule has 0 saturated heterocycles. The van der Waals surface area contributed by atoms with Gasteiger partial charge in [-0.25, -0.2) is 9.78 Å². The van der Waals surface area contributed by atoms with Gasteiger partial charge in [-0.05, 0) is 0 Å². The van der Waals surface area contributed by atoms with E-state index in [4.69, 9.17) is 9.52 Å². The molecule has 11 heavy (non-hydrogen) atoms. The number of oxazole rings is 1. The molecule has 0 spiro atoms. The third kappa shape index (κ3) is 0.706. The monoisotopic (exact) mass is 152 g/mol. The maximum Gasteiger partial charge on any atom is 0.360 e. The van der Waals surface area contributed by atoms with Crippen molar-refractivity contribution in [2.45, 2.75) is 0 Å². The highest BCUT2D eigenvalue weighted by atomic mass is 16.4. The van der Waals surface area contributed by atoms with Gasteiger partial charge in [0.15, 0.2) is 0 Å².